The number of non-ortho nitro benzene ring substituents is 1. The van der Waals surface area contributed by atoms with Crippen molar-refractivity contribution in [3.05, 3.63) is 93.8 Å². The molecule has 2 amide bonds. The van der Waals surface area contributed by atoms with E-state index in [1.165, 1.54) is 24.3 Å². The van der Waals surface area contributed by atoms with Crippen molar-refractivity contribution in [2.24, 2.45) is 0 Å². The Morgan fingerprint density at radius 1 is 0.967 bits per heavy atom. The van der Waals surface area contributed by atoms with Crippen molar-refractivity contribution in [2.75, 3.05) is 10.6 Å². The van der Waals surface area contributed by atoms with Crippen molar-refractivity contribution < 1.29 is 31.5 Å². The zero-order chi connectivity index (χ0) is 20.8. The van der Waals surface area contributed by atoms with E-state index >= 15 is 0 Å². The molecule has 0 saturated heterocycles. The highest BCUT2D eigenvalue weighted by atomic mass is 35.5. The summed E-state index contributed by atoms with van der Waals surface area (Å²) in [6.07, 6.45) is 3.22. The SMILES string of the molecule is O=C(C[n+]1cccc(C(=O)Nc2ccc(Cl)cc2)c1)Nc1ccc([N+](=O)[O-])cc1.[Cl-]. The summed E-state index contributed by atoms with van der Waals surface area (Å²) < 4.78 is 1.57. The number of nitrogens with one attached hydrogen (secondary N) is 2. The van der Waals surface area contributed by atoms with Crippen LogP contribution in [0.2, 0.25) is 5.02 Å². The smallest absolute Gasteiger partial charge is 0.290 e. The summed E-state index contributed by atoms with van der Waals surface area (Å²) in [7, 11) is 0. The molecule has 30 heavy (non-hydrogen) atoms. The molecule has 0 unspecified atom stereocenters. The van der Waals surface area contributed by atoms with Crippen molar-refractivity contribution in [1.82, 2.24) is 0 Å². The van der Waals surface area contributed by atoms with E-state index in [0.29, 0.717) is 22.0 Å². The first kappa shape index (κ1) is 22.8. The van der Waals surface area contributed by atoms with Gasteiger partial charge in [0.05, 0.1) is 4.92 Å². The number of aromatic nitrogens is 1. The monoisotopic (exact) mass is 446 g/mol. The molecule has 2 aromatic carbocycles. The summed E-state index contributed by atoms with van der Waals surface area (Å²) in [6, 6.07) is 15.5. The van der Waals surface area contributed by atoms with Crippen molar-refractivity contribution in [1.29, 1.82) is 0 Å². The second-order valence-electron chi connectivity index (χ2n) is 6.08. The molecule has 0 bridgehead atoms. The number of hydrogen-bond acceptors (Lipinski definition) is 4. The average Bonchev–Trinajstić information content (AvgIpc) is 2.70. The van der Waals surface area contributed by atoms with Gasteiger partial charge < -0.3 is 23.0 Å². The Balaban J connectivity index is 0.00000320. The van der Waals surface area contributed by atoms with Gasteiger partial charge in [0.1, 0.15) is 5.56 Å². The molecule has 0 aliphatic carbocycles. The molecule has 0 spiro atoms. The Hall–Kier alpha value is -3.49. The van der Waals surface area contributed by atoms with Crippen molar-refractivity contribution in [2.45, 2.75) is 6.54 Å². The first-order chi connectivity index (χ1) is 13.9. The molecule has 0 radical (unpaired) electrons. The number of carbonyl (C=O) groups excluding carboxylic acids is 2. The van der Waals surface area contributed by atoms with E-state index < -0.39 is 4.92 Å². The van der Waals surface area contributed by atoms with Crippen LogP contribution in [0.5, 0.6) is 0 Å². The molecule has 3 aromatic rings. The Bertz CT molecular complexity index is 1060. The van der Waals surface area contributed by atoms with Gasteiger partial charge in [-0.2, -0.15) is 4.57 Å². The third-order valence-electron chi connectivity index (χ3n) is 3.91. The van der Waals surface area contributed by atoms with E-state index in [1.807, 2.05) is 0 Å². The maximum Gasteiger partial charge on any atom is 0.290 e. The zero-order valence-corrected chi connectivity index (χ0v) is 16.9. The van der Waals surface area contributed by atoms with E-state index in [0.717, 1.165) is 0 Å². The minimum Gasteiger partial charge on any atom is -1.00 e. The summed E-state index contributed by atoms with van der Waals surface area (Å²) in [5.41, 5.74) is 1.37. The fraction of sp³-hybridized carbons (Fsp3) is 0.0500. The Morgan fingerprint density at radius 2 is 1.57 bits per heavy atom. The van der Waals surface area contributed by atoms with Gasteiger partial charge in [0, 0.05) is 34.6 Å². The quantitative estimate of drug-likeness (QED) is 0.325. The number of anilines is 2. The van der Waals surface area contributed by atoms with Gasteiger partial charge in [0.25, 0.3) is 17.5 Å². The lowest BCUT2D eigenvalue weighted by Gasteiger charge is -2.05. The number of rotatable bonds is 6. The normalized spacial score (nSPS) is 9.90. The molecule has 154 valence electrons. The molecular formula is C20H16Cl2N4O4. The van der Waals surface area contributed by atoms with Gasteiger partial charge in [-0.3, -0.25) is 19.7 Å². The number of halogens is 2. The second-order valence-corrected chi connectivity index (χ2v) is 6.51. The van der Waals surface area contributed by atoms with Gasteiger partial charge in [-0.15, -0.1) is 0 Å². The molecule has 8 nitrogen and oxygen atoms in total. The lowest BCUT2D eigenvalue weighted by Crippen LogP contribution is -3.00. The van der Waals surface area contributed by atoms with Crippen LogP contribution in [0.15, 0.2) is 73.1 Å². The van der Waals surface area contributed by atoms with Crippen LogP contribution in [0.25, 0.3) is 0 Å². The molecule has 1 heterocycles. The van der Waals surface area contributed by atoms with E-state index in [2.05, 4.69) is 10.6 Å². The maximum atomic E-state index is 12.4. The number of nitro benzene ring substituents is 1. The third-order valence-corrected chi connectivity index (χ3v) is 4.16. The van der Waals surface area contributed by atoms with Crippen LogP contribution in [0, 0.1) is 10.1 Å². The molecule has 0 saturated carbocycles. The van der Waals surface area contributed by atoms with Crippen LogP contribution in [-0.2, 0) is 11.3 Å². The molecule has 0 fully saturated rings. The lowest BCUT2D eigenvalue weighted by molar-refractivity contribution is -0.684. The van der Waals surface area contributed by atoms with Crippen molar-refractivity contribution >= 4 is 40.5 Å². The topological polar surface area (TPSA) is 105 Å². The number of carbonyl (C=O) groups is 2. The minimum atomic E-state index is -0.512. The summed E-state index contributed by atoms with van der Waals surface area (Å²) >= 11 is 5.83. The van der Waals surface area contributed by atoms with Gasteiger partial charge in [-0.05, 0) is 42.5 Å². The first-order valence-corrected chi connectivity index (χ1v) is 8.89. The minimum absolute atomic E-state index is 0. The molecule has 0 aliphatic heterocycles. The average molecular weight is 447 g/mol. The van der Waals surface area contributed by atoms with Crippen LogP contribution in [-0.4, -0.2) is 16.7 Å². The van der Waals surface area contributed by atoms with Gasteiger partial charge in [0.15, 0.2) is 12.4 Å². The van der Waals surface area contributed by atoms with Gasteiger partial charge in [-0.25, -0.2) is 0 Å². The molecule has 10 heteroatoms. The van der Waals surface area contributed by atoms with E-state index in [9.17, 15) is 19.7 Å². The number of hydrogen-bond donors (Lipinski definition) is 2. The number of benzene rings is 2. The number of nitro groups is 1. The van der Waals surface area contributed by atoms with Crippen molar-refractivity contribution in [3.63, 3.8) is 0 Å². The molecule has 2 N–H and O–H groups in total. The highest BCUT2D eigenvalue weighted by Crippen LogP contribution is 2.16. The number of nitrogens with zero attached hydrogens (tertiary/aromatic N) is 2. The standard InChI is InChI=1S/C20H15ClN4O4.ClH/c21-15-3-5-17(6-4-15)23-20(27)14-2-1-11-24(12-14)13-19(26)22-16-7-9-18(10-8-16)25(28)29;/h1-12H,13H2,(H-,22,23,26,27);1H. The molecule has 0 aliphatic rings. The van der Waals surface area contributed by atoms with Crippen LogP contribution < -0.4 is 27.6 Å². The number of pyridine rings is 1. The molecular weight excluding hydrogens is 431 g/mol. The van der Waals surface area contributed by atoms with Gasteiger partial charge in [0.2, 0.25) is 6.54 Å². The Kier molecular flexibility index (Phi) is 7.85. The lowest BCUT2D eigenvalue weighted by atomic mass is 10.2. The highest BCUT2D eigenvalue weighted by Gasteiger charge is 2.15. The van der Waals surface area contributed by atoms with E-state index in [4.69, 9.17) is 11.6 Å². The fourth-order valence-electron chi connectivity index (χ4n) is 2.52. The van der Waals surface area contributed by atoms with E-state index in [1.54, 1.807) is 53.4 Å². The summed E-state index contributed by atoms with van der Waals surface area (Å²) in [4.78, 5) is 34.8. The van der Waals surface area contributed by atoms with Crippen LogP contribution >= 0.6 is 11.6 Å². The van der Waals surface area contributed by atoms with Crippen LogP contribution in [0.4, 0.5) is 17.1 Å². The summed E-state index contributed by atoms with van der Waals surface area (Å²) in [5.74, 6) is -0.656. The van der Waals surface area contributed by atoms with Gasteiger partial charge in [-0.1, -0.05) is 11.6 Å². The zero-order valence-electron chi connectivity index (χ0n) is 15.4. The Labute approximate surface area is 183 Å². The molecule has 0 atom stereocenters. The van der Waals surface area contributed by atoms with Crippen molar-refractivity contribution in [3.8, 4) is 0 Å². The van der Waals surface area contributed by atoms with Gasteiger partial charge >= 0.3 is 0 Å². The fourth-order valence-corrected chi connectivity index (χ4v) is 2.65. The third kappa shape index (κ3) is 6.26. The molecule has 3 rings (SSSR count). The highest BCUT2D eigenvalue weighted by molar-refractivity contribution is 6.30. The summed E-state index contributed by atoms with van der Waals surface area (Å²) in [6.45, 7) is -0.0287. The van der Waals surface area contributed by atoms with Crippen LogP contribution in [0.1, 0.15) is 10.4 Å². The maximum absolute atomic E-state index is 12.4. The first-order valence-electron chi connectivity index (χ1n) is 8.51. The Morgan fingerprint density at radius 3 is 2.20 bits per heavy atom. The van der Waals surface area contributed by atoms with E-state index in [-0.39, 0.29) is 36.5 Å². The largest absolute Gasteiger partial charge is 1.00 e. The molecule has 1 aromatic heterocycles. The summed E-state index contributed by atoms with van der Waals surface area (Å²) in [5, 5.41) is 16.6. The van der Waals surface area contributed by atoms with Crippen LogP contribution in [0.3, 0.4) is 0 Å². The second kappa shape index (κ2) is 10.3. The predicted molar refractivity (Wildman–Crippen MR) is 108 cm³/mol. The number of amides is 2. The predicted octanol–water partition coefficient (Wildman–Crippen LogP) is 0.431.